The number of anilines is 2. The summed E-state index contributed by atoms with van der Waals surface area (Å²) in [6.45, 7) is 1.81. The molecule has 2 amide bonds. The van der Waals surface area contributed by atoms with Gasteiger partial charge in [-0.15, -0.1) is 0 Å². The second kappa shape index (κ2) is 12.8. The van der Waals surface area contributed by atoms with E-state index in [0.717, 1.165) is 38.5 Å². The Labute approximate surface area is 268 Å². The van der Waals surface area contributed by atoms with E-state index < -0.39 is 0 Å². The minimum Gasteiger partial charge on any atom is -0.484 e. The molecule has 46 heavy (non-hydrogen) atoms. The van der Waals surface area contributed by atoms with Gasteiger partial charge in [0.1, 0.15) is 11.5 Å². The van der Waals surface area contributed by atoms with Crippen LogP contribution in [0.3, 0.4) is 0 Å². The monoisotopic (exact) mass is 606 g/mol. The fourth-order valence-electron chi connectivity index (χ4n) is 6.44. The number of fused-ring (bicyclic) bond motifs is 3. The largest absolute Gasteiger partial charge is 0.484 e. The Kier molecular flexibility index (Phi) is 8.09. The van der Waals surface area contributed by atoms with Gasteiger partial charge in [-0.2, -0.15) is 0 Å². The van der Waals surface area contributed by atoms with E-state index in [1.165, 1.54) is 0 Å². The summed E-state index contributed by atoms with van der Waals surface area (Å²) in [6.07, 6.45) is 0.551. The summed E-state index contributed by atoms with van der Waals surface area (Å²) in [6, 6.07) is 44.8. The van der Waals surface area contributed by atoms with E-state index in [1.807, 2.05) is 156 Å². The van der Waals surface area contributed by atoms with Crippen LogP contribution >= 0.6 is 0 Å². The normalized spacial score (nSPS) is 15.7. The molecule has 2 atom stereocenters. The van der Waals surface area contributed by atoms with Crippen molar-refractivity contribution in [3.63, 3.8) is 0 Å². The SMILES string of the molecule is C[C@H]1C[C@@H](N(C(=O)COc2ccc3ccccc3c2)c2ccccc2)c2ccccc2N1C(=O)COc1ccc2ccccc2c1. The minimum atomic E-state index is -0.299. The van der Waals surface area contributed by atoms with Gasteiger partial charge in [-0.3, -0.25) is 9.59 Å². The highest BCUT2D eigenvalue weighted by Crippen LogP contribution is 2.42. The lowest BCUT2D eigenvalue weighted by Gasteiger charge is -2.43. The van der Waals surface area contributed by atoms with Crippen LogP contribution in [0.2, 0.25) is 0 Å². The smallest absolute Gasteiger partial charge is 0.265 e. The van der Waals surface area contributed by atoms with Gasteiger partial charge in [0.15, 0.2) is 13.2 Å². The number of amides is 2. The summed E-state index contributed by atoms with van der Waals surface area (Å²) in [4.78, 5) is 31.4. The van der Waals surface area contributed by atoms with Crippen LogP contribution in [0.5, 0.6) is 11.5 Å². The molecule has 1 heterocycles. The highest BCUT2D eigenvalue weighted by molar-refractivity contribution is 5.99. The van der Waals surface area contributed by atoms with Gasteiger partial charge < -0.3 is 19.3 Å². The molecule has 0 spiro atoms. The van der Waals surface area contributed by atoms with Crippen molar-refractivity contribution in [2.24, 2.45) is 0 Å². The molecule has 6 heteroatoms. The van der Waals surface area contributed by atoms with Crippen molar-refractivity contribution in [3.8, 4) is 11.5 Å². The fraction of sp³-hybridized carbons (Fsp3) is 0.150. The maximum absolute atomic E-state index is 14.1. The van der Waals surface area contributed by atoms with Gasteiger partial charge in [0.2, 0.25) is 0 Å². The zero-order chi connectivity index (χ0) is 31.5. The highest BCUT2D eigenvalue weighted by Gasteiger charge is 2.38. The fourth-order valence-corrected chi connectivity index (χ4v) is 6.44. The second-order valence-electron chi connectivity index (χ2n) is 11.6. The molecule has 0 N–H and O–H groups in total. The molecule has 0 unspecified atom stereocenters. The summed E-state index contributed by atoms with van der Waals surface area (Å²) >= 11 is 0. The molecule has 0 saturated heterocycles. The van der Waals surface area contributed by atoms with Gasteiger partial charge in [-0.1, -0.05) is 97.1 Å². The molecule has 6 aromatic carbocycles. The van der Waals surface area contributed by atoms with Gasteiger partial charge in [0.05, 0.1) is 6.04 Å². The molecule has 0 bridgehead atoms. The molecular weight excluding hydrogens is 572 g/mol. The number of ether oxygens (including phenoxy) is 2. The summed E-state index contributed by atoms with van der Waals surface area (Å²) in [5.41, 5.74) is 2.46. The second-order valence-corrected chi connectivity index (χ2v) is 11.6. The van der Waals surface area contributed by atoms with E-state index >= 15 is 0 Å². The van der Waals surface area contributed by atoms with Crippen LogP contribution in [0, 0.1) is 0 Å². The van der Waals surface area contributed by atoms with Crippen molar-refractivity contribution in [3.05, 3.63) is 145 Å². The Bertz CT molecular complexity index is 2030. The molecule has 1 aliphatic rings. The van der Waals surface area contributed by atoms with Crippen molar-refractivity contribution in [1.29, 1.82) is 0 Å². The lowest BCUT2D eigenvalue weighted by atomic mass is 9.90. The van der Waals surface area contributed by atoms with Gasteiger partial charge in [-0.25, -0.2) is 0 Å². The van der Waals surface area contributed by atoms with Crippen LogP contribution in [0.25, 0.3) is 21.5 Å². The Morgan fingerprint density at radius 3 is 1.85 bits per heavy atom. The maximum atomic E-state index is 14.1. The average Bonchev–Trinajstić information content (AvgIpc) is 3.10. The van der Waals surface area contributed by atoms with Gasteiger partial charge in [-0.05, 0) is 82.9 Å². The predicted octanol–water partition coefficient (Wildman–Crippen LogP) is 8.35. The van der Waals surface area contributed by atoms with E-state index in [0.29, 0.717) is 17.9 Å². The summed E-state index contributed by atoms with van der Waals surface area (Å²) in [5, 5.41) is 4.34. The summed E-state index contributed by atoms with van der Waals surface area (Å²) in [5.74, 6) is 0.991. The average molecular weight is 607 g/mol. The quantitative estimate of drug-likeness (QED) is 0.175. The first-order valence-corrected chi connectivity index (χ1v) is 15.6. The first-order chi connectivity index (χ1) is 22.5. The molecule has 6 nitrogen and oxygen atoms in total. The third kappa shape index (κ3) is 5.89. The first-order valence-electron chi connectivity index (χ1n) is 15.6. The van der Waals surface area contributed by atoms with Gasteiger partial charge in [0, 0.05) is 17.4 Å². The zero-order valence-electron chi connectivity index (χ0n) is 25.6. The van der Waals surface area contributed by atoms with Crippen LogP contribution in [-0.4, -0.2) is 31.1 Å². The maximum Gasteiger partial charge on any atom is 0.265 e. The molecular formula is C40H34N2O4. The van der Waals surface area contributed by atoms with Crippen molar-refractivity contribution in [2.45, 2.75) is 25.4 Å². The van der Waals surface area contributed by atoms with Crippen molar-refractivity contribution < 1.29 is 19.1 Å². The topological polar surface area (TPSA) is 59.1 Å². The van der Waals surface area contributed by atoms with E-state index in [4.69, 9.17) is 9.47 Å². The van der Waals surface area contributed by atoms with Crippen molar-refractivity contribution >= 4 is 44.7 Å². The summed E-state index contributed by atoms with van der Waals surface area (Å²) in [7, 11) is 0. The van der Waals surface area contributed by atoms with E-state index in [2.05, 4.69) is 0 Å². The predicted molar refractivity (Wildman–Crippen MR) is 184 cm³/mol. The van der Waals surface area contributed by atoms with E-state index in [1.54, 1.807) is 0 Å². The number of benzene rings is 6. The molecule has 228 valence electrons. The Morgan fingerprint density at radius 2 is 1.20 bits per heavy atom. The molecule has 0 aromatic heterocycles. The van der Waals surface area contributed by atoms with Crippen molar-refractivity contribution in [1.82, 2.24) is 0 Å². The van der Waals surface area contributed by atoms with Crippen LogP contribution in [0.15, 0.2) is 140 Å². The third-order valence-electron chi connectivity index (χ3n) is 8.61. The van der Waals surface area contributed by atoms with E-state index in [9.17, 15) is 9.59 Å². The minimum absolute atomic E-state index is 0.0946. The molecule has 0 fully saturated rings. The lowest BCUT2D eigenvalue weighted by molar-refractivity contribution is -0.121. The zero-order valence-corrected chi connectivity index (χ0v) is 25.6. The number of nitrogens with zero attached hydrogens (tertiary/aromatic N) is 2. The standard InChI is InChI=1S/C40H34N2O4/c1-28-23-38(42(33-15-3-2-4-16-33)40(44)27-46-35-22-20-30-12-6-8-14-32(30)25-35)36-17-9-10-18-37(36)41(28)39(43)26-45-34-21-19-29-11-5-7-13-31(29)24-34/h2-22,24-25,28,38H,23,26-27H2,1H3/t28-,38+/m0/s1. The Balaban J connectivity index is 1.14. The van der Waals surface area contributed by atoms with Crippen LogP contribution in [0.4, 0.5) is 11.4 Å². The molecule has 0 aliphatic carbocycles. The number of rotatable bonds is 8. The highest BCUT2D eigenvalue weighted by atomic mass is 16.5. The number of hydrogen-bond donors (Lipinski definition) is 0. The molecule has 0 saturated carbocycles. The number of hydrogen-bond acceptors (Lipinski definition) is 4. The first kappa shape index (κ1) is 29.1. The number of carbonyl (C=O) groups is 2. The van der Waals surface area contributed by atoms with E-state index in [-0.39, 0.29) is 37.1 Å². The Hall–Kier alpha value is -5.62. The van der Waals surface area contributed by atoms with Crippen LogP contribution in [0.1, 0.15) is 24.9 Å². The van der Waals surface area contributed by atoms with Crippen LogP contribution in [-0.2, 0) is 9.59 Å². The van der Waals surface area contributed by atoms with Crippen LogP contribution < -0.4 is 19.3 Å². The molecule has 0 radical (unpaired) electrons. The number of carbonyl (C=O) groups excluding carboxylic acids is 2. The number of para-hydroxylation sites is 2. The summed E-state index contributed by atoms with van der Waals surface area (Å²) < 4.78 is 12.1. The van der Waals surface area contributed by atoms with Gasteiger partial charge in [0.25, 0.3) is 11.8 Å². The Morgan fingerprint density at radius 1 is 0.652 bits per heavy atom. The molecule has 7 rings (SSSR count). The van der Waals surface area contributed by atoms with Gasteiger partial charge >= 0.3 is 0 Å². The molecule has 1 aliphatic heterocycles. The molecule has 6 aromatic rings. The van der Waals surface area contributed by atoms with Crippen molar-refractivity contribution in [2.75, 3.05) is 23.0 Å². The lowest BCUT2D eigenvalue weighted by Crippen LogP contribution is -2.49. The third-order valence-corrected chi connectivity index (χ3v) is 8.61.